The van der Waals surface area contributed by atoms with Gasteiger partial charge in [-0.25, -0.2) is 9.18 Å². The van der Waals surface area contributed by atoms with E-state index in [-0.39, 0.29) is 47.5 Å². The van der Waals surface area contributed by atoms with Crippen molar-refractivity contribution in [1.82, 2.24) is 20.1 Å². The third-order valence-corrected chi connectivity index (χ3v) is 7.46. The predicted octanol–water partition coefficient (Wildman–Crippen LogP) is 1.49. The van der Waals surface area contributed by atoms with Crippen molar-refractivity contribution in [2.45, 2.75) is 18.9 Å². The number of nitrogens with one attached hydrogen (secondary N) is 2. The third-order valence-electron chi connectivity index (χ3n) is 7.46. The van der Waals surface area contributed by atoms with Gasteiger partial charge in [0.15, 0.2) is 6.61 Å². The van der Waals surface area contributed by atoms with Gasteiger partial charge in [-0.15, -0.1) is 0 Å². The minimum absolute atomic E-state index is 0.0416. The van der Waals surface area contributed by atoms with Crippen molar-refractivity contribution in [3.8, 4) is 5.75 Å². The molecule has 13 nitrogen and oxygen atoms in total. The van der Waals surface area contributed by atoms with Crippen LogP contribution < -0.4 is 21.0 Å². The number of anilines is 1. The number of likely N-dealkylation sites (N-methyl/N-ethyl adjacent to an activating group) is 1. The summed E-state index contributed by atoms with van der Waals surface area (Å²) >= 11 is 0. The van der Waals surface area contributed by atoms with Crippen molar-refractivity contribution < 1.29 is 33.8 Å². The molecule has 1 saturated heterocycles. The van der Waals surface area contributed by atoms with E-state index in [1.807, 2.05) is 9.80 Å². The molecule has 4 N–H and O–H groups in total. The lowest BCUT2D eigenvalue weighted by Crippen LogP contribution is -2.50. The number of halogens is 1. The van der Waals surface area contributed by atoms with Crippen molar-refractivity contribution >= 4 is 40.6 Å². The molecule has 2 fully saturated rings. The van der Waals surface area contributed by atoms with Crippen LogP contribution in [-0.4, -0.2) is 90.2 Å². The average molecular weight is 595 g/mol. The number of benzene rings is 2. The number of hydrogen-bond acceptors (Lipinski definition) is 9. The van der Waals surface area contributed by atoms with Crippen molar-refractivity contribution in [3.63, 3.8) is 0 Å². The maximum atomic E-state index is 15.3. The highest BCUT2D eigenvalue weighted by Gasteiger charge is 2.28. The molecule has 2 amide bonds. The highest BCUT2D eigenvalue weighted by atomic mass is 19.1. The number of nitrogens with zero attached hydrogens (tertiary/aromatic N) is 4. The number of aromatic hydroxyl groups is 1. The van der Waals surface area contributed by atoms with Gasteiger partial charge in [-0.1, -0.05) is 5.16 Å². The summed E-state index contributed by atoms with van der Waals surface area (Å²) < 4.78 is 17.0. The van der Waals surface area contributed by atoms with Crippen LogP contribution in [0.4, 0.5) is 10.1 Å². The van der Waals surface area contributed by atoms with Gasteiger partial charge in [0.2, 0.25) is 5.43 Å². The molecule has 1 aromatic heterocycles. The van der Waals surface area contributed by atoms with Gasteiger partial charge in [-0.05, 0) is 48.7 Å². The summed E-state index contributed by atoms with van der Waals surface area (Å²) in [7, 11) is 1.47. The van der Waals surface area contributed by atoms with Gasteiger partial charge in [0.25, 0.3) is 11.8 Å². The maximum Gasteiger partial charge on any atom is 0.341 e. The molecule has 1 aliphatic heterocycles. The first kappa shape index (κ1) is 29.5. The van der Waals surface area contributed by atoms with Gasteiger partial charge in [0.1, 0.15) is 17.1 Å². The first-order valence-corrected chi connectivity index (χ1v) is 13.7. The molecule has 14 heteroatoms. The van der Waals surface area contributed by atoms with E-state index in [9.17, 15) is 29.4 Å². The zero-order valence-corrected chi connectivity index (χ0v) is 23.4. The number of pyridine rings is 1. The van der Waals surface area contributed by atoms with E-state index in [2.05, 4.69) is 15.8 Å². The summed E-state index contributed by atoms with van der Waals surface area (Å²) in [6, 6.07) is 7.17. The minimum atomic E-state index is -1.34. The Kier molecular flexibility index (Phi) is 8.57. The molecular weight excluding hydrogens is 563 g/mol. The molecule has 3 aromatic rings. The van der Waals surface area contributed by atoms with Crippen molar-refractivity contribution in [1.29, 1.82) is 0 Å². The Labute approximate surface area is 245 Å². The molecule has 43 heavy (non-hydrogen) atoms. The van der Waals surface area contributed by atoms with Crippen LogP contribution in [0.15, 0.2) is 46.5 Å². The molecule has 2 heterocycles. The Hall–Kier alpha value is -4.98. The Balaban J connectivity index is 1.21. The number of oxime groups is 1. The number of hydrogen-bond donors (Lipinski definition) is 4. The highest BCUT2D eigenvalue weighted by Crippen LogP contribution is 2.38. The molecule has 0 bridgehead atoms. The highest BCUT2D eigenvalue weighted by molar-refractivity contribution is 5.98. The van der Waals surface area contributed by atoms with E-state index in [4.69, 9.17) is 4.84 Å². The zero-order valence-electron chi connectivity index (χ0n) is 23.4. The van der Waals surface area contributed by atoms with Crippen LogP contribution in [0.1, 0.15) is 45.2 Å². The van der Waals surface area contributed by atoms with E-state index in [0.717, 1.165) is 18.9 Å². The minimum Gasteiger partial charge on any atom is -0.507 e. The standard InChI is InChI=1S/C29H31FN6O7/c1-31-26(38)15-43-33-13-17-2-5-25(37)20(10-17)28(40)32-16-34-6-8-35(9-7-34)24-12-23-19(11-22(24)30)27(39)21(29(41)42)14-36(23)18-3-4-18/h2,5,10-14,18,37H,3-4,6-9,15-16H2,1H3,(H,31,38)(H,32,40)(H,41,42)/b33-13+. The smallest absolute Gasteiger partial charge is 0.341 e. The summed E-state index contributed by atoms with van der Waals surface area (Å²) in [5, 5.41) is 28.6. The number of carboxylic acid groups (broad SMARTS) is 1. The van der Waals surface area contributed by atoms with Crippen LogP contribution in [0.5, 0.6) is 5.75 Å². The van der Waals surface area contributed by atoms with Crippen LogP contribution in [0.25, 0.3) is 10.9 Å². The number of aromatic carboxylic acids is 1. The Morgan fingerprint density at radius 1 is 1.12 bits per heavy atom. The number of carbonyl (C=O) groups excluding carboxylic acids is 2. The Morgan fingerprint density at radius 2 is 1.86 bits per heavy atom. The third kappa shape index (κ3) is 6.59. The molecule has 0 unspecified atom stereocenters. The largest absolute Gasteiger partial charge is 0.507 e. The zero-order chi connectivity index (χ0) is 30.7. The fraction of sp³-hybridized carbons (Fsp3) is 0.345. The molecule has 1 aliphatic carbocycles. The van der Waals surface area contributed by atoms with Crippen LogP contribution in [0.3, 0.4) is 0 Å². The van der Waals surface area contributed by atoms with Gasteiger partial charge in [-0.3, -0.25) is 19.3 Å². The maximum absolute atomic E-state index is 15.3. The number of piperazine rings is 1. The van der Waals surface area contributed by atoms with E-state index in [0.29, 0.717) is 42.9 Å². The number of fused-ring (bicyclic) bond motifs is 1. The summed E-state index contributed by atoms with van der Waals surface area (Å²) in [5.41, 5.74) is 0.285. The lowest BCUT2D eigenvalue weighted by atomic mass is 10.1. The summed E-state index contributed by atoms with van der Waals surface area (Å²) in [4.78, 5) is 57.1. The second-order valence-corrected chi connectivity index (χ2v) is 10.4. The first-order valence-electron chi connectivity index (χ1n) is 13.7. The van der Waals surface area contributed by atoms with Gasteiger partial charge >= 0.3 is 5.97 Å². The summed E-state index contributed by atoms with van der Waals surface area (Å²) in [5.74, 6) is -3.00. The monoisotopic (exact) mass is 594 g/mol. The Bertz CT molecular complexity index is 1660. The molecule has 0 atom stereocenters. The lowest BCUT2D eigenvalue weighted by molar-refractivity contribution is -0.125. The van der Waals surface area contributed by atoms with Gasteiger partial charge < -0.3 is 35.2 Å². The summed E-state index contributed by atoms with van der Waals surface area (Å²) in [6.45, 7) is 1.85. The first-order chi connectivity index (χ1) is 20.7. The number of aromatic nitrogens is 1. The molecule has 2 aromatic carbocycles. The summed E-state index contributed by atoms with van der Waals surface area (Å²) in [6.07, 6.45) is 4.39. The molecule has 226 valence electrons. The fourth-order valence-electron chi connectivity index (χ4n) is 4.92. The van der Waals surface area contributed by atoms with Crippen molar-refractivity contribution in [3.05, 3.63) is 69.3 Å². The van der Waals surface area contributed by atoms with Crippen molar-refractivity contribution in [2.24, 2.45) is 5.16 Å². The van der Waals surface area contributed by atoms with Gasteiger partial charge in [-0.2, -0.15) is 0 Å². The number of carboxylic acids is 1. The molecule has 1 saturated carbocycles. The molecular formula is C29H31FN6O7. The van der Waals surface area contributed by atoms with E-state index in [1.54, 1.807) is 16.7 Å². The SMILES string of the molecule is CNC(=O)CO/N=C/c1ccc(O)c(C(=O)NCN2CCN(c3cc4c(cc3F)c(=O)c(C(=O)O)cn4C3CC3)CC2)c1. The van der Waals surface area contributed by atoms with Crippen molar-refractivity contribution in [2.75, 3.05) is 51.4 Å². The average Bonchev–Trinajstić information content (AvgIpc) is 3.84. The van der Waals surface area contributed by atoms with Gasteiger partial charge in [0.05, 0.1) is 29.7 Å². The second-order valence-electron chi connectivity index (χ2n) is 10.4. The lowest BCUT2D eigenvalue weighted by Gasteiger charge is -2.36. The number of carbonyl (C=O) groups is 3. The fourth-order valence-corrected chi connectivity index (χ4v) is 4.92. The normalized spacial score (nSPS) is 15.5. The van der Waals surface area contributed by atoms with E-state index < -0.39 is 23.1 Å². The van der Waals surface area contributed by atoms with Crippen LogP contribution in [0.2, 0.25) is 0 Å². The number of phenolic OH excluding ortho intramolecular Hbond substituents is 1. The Morgan fingerprint density at radius 3 is 2.53 bits per heavy atom. The van der Waals surface area contributed by atoms with Crippen LogP contribution in [0, 0.1) is 5.82 Å². The van der Waals surface area contributed by atoms with Gasteiger partial charge in [0, 0.05) is 50.9 Å². The number of phenols is 1. The molecule has 5 rings (SSSR count). The quantitative estimate of drug-likeness (QED) is 0.201. The molecule has 0 spiro atoms. The number of amides is 2. The second kappa shape index (κ2) is 12.5. The number of rotatable bonds is 10. The molecule has 2 aliphatic rings. The van der Waals surface area contributed by atoms with E-state index in [1.165, 1.54) is 31.6 Å². The van der Waals surface area contributed by atoms with Crippen LogP contribution >= 0.6 is 0 Å². The van der Waals surface area contributed by atoms with Crippen LogP contribution in [-0.2, 0) is 9.63 Å². The van der Waals surface area contributed by atoms with E-state index >= 15 is 4.39 Å². The predicted molar refractivity (Wildman–Crippen MR) is 155 cm³/mol. The topological polar surface area (TPSA) is 166 Å². The molecule has 0 radical (unpaired) electrons.